The summed E-state index contributed by atoms with van der Waals surface area (Å²) in [6.07, 6.45) is 0.834. The van der Waals surface area contributed by atoms with Gasteiger partial charge in [0.05, 0.1) is 0 Å². The zero-order valence-electron chi connectivity index (χ0n) is 11.1. The van der Waals surface area contributed by atoms with Gasteiger partial charge in [0.1, 0.15) is 0 Å². The fraction of sp³-hybridized carbons (Fsp3) is 0.385. The molecular weight excluding hydrogens is 262 g/mol. The van der Waals surface area contributed by atoms with Gasteiger partial charge in [-0.1, -0.05) is 29.8 Å². The Balaban J connectivity index is 1.83. The average molecular weight is 280 g/mol. The van der Waals surface area contributed by atoms with Crippen molar-refractivity contribution in [3.63, 3.8) is 0 Å². The summed E-state index contributed by atoms with van der Waals surface area (Å²) in [6, 6.07) is 8.16. The molecule has 0 fully saturated rings. The number of halogens is 1. The van der Waals surface area contributed by atoms with Crippen molar-refractivity contribution in [2.75, 3.05) is 17.2 Å². The second-order valence-corrected chi connectivity index (χ2v) is 4.98. The molecule has 0 saturated carbocycles. The number of aromatic amines is 1. The Morgan fingerprint density at radius 1 is 1.32 bits per heavy atom. The highest BCUT2D eigenvalue weighted by Gasteiger charge is 2.04. The van der Waals surface area contributed by atoms with Gasteiger partial charge in [-0.15, -0.1) is 5.10 Å². The molecule has 1 aromatic heterocycles. The molecule has 19 heavy (non-hydrogen) atoms. The van der Waals surface area contributed by atoms with Crippen molar-refractivity contribution in [2.24, 2.45) is 0 Å². The molecule has 3 N–H and O–H groups in total. The van der Waals surface area contributed by atoms with Crippen molar-refractivity contribution in [1.29, 1.82) is 0 Å². The first-order chi connectivity index (χ1) is 9.15. The maximum Gasteiger partial charge on any atom is 0.243 e. The Morgan fingerprint density at radius 3 is 2.84 bits per heavy atom. The van der Waals surface area contributed by atoms with Gasteiger partial charge >= 0.3 is 0 Å². The lowest BCUT2D eigenvalue weighted by Crippen LogP contribution is -2.11. The third-order valence-corrected chi connectivity index (χ3v) is 2.91. The van der Waals surface area contributed by atoms with E-state index >= 15 is 0 Å². The highest BCUT2D eigenvalue weighted by atomic mass is 35.5. The highest BCUT2D eigenvalue weighted by Crippen LogP contribution is 2.15. The predicted molar refractivity (Wildman–Crippen MR) is 78.8 cm³/mol. The van der Waals surface area contributed by atoms with Gasteiger partial charge in [-0.25, -0.2) is 5.10 Å². The van der Waals surface area contributed by atoms with Crippen molar-refractivity contribution in [2.45, 2.75) is 26.3 Å². The summed E-state index contributed by atoms with van der Waals surface area (Å²) in [4.78, 5) is 4.28. The molecule has 0 saturated heterocycles. The molecule has 0 radical (unpaired) electrons. The highest BCUT2D eigenvalue weighted by molar-refractivity contribution is 6.31. The quantitative estimate of drug-likeness (QED) is 0.761. The van der Waals surface area contributed by atoms with E-state index in [1.165, 1.54) is 0 Å². The Hall–Kier alpha value is -1.75. The lowest BCUT2D eigenvalue weighted by Gasteiger charge is -2.05. The van der Waals surface area contributed by atoms with Crippen LogP contribution in [-0.2, 0) is 6.42 Å². The third-order valence-electron chi connectivity index (χ3n) is 2.55. The van der Waals surface area contributed by atoms with Crippen molar-refractivity contribution in [3.8, 4) is 0 Å². The van der Waals surface area contributed by atoms with Crippen LogP contribution >= 0.6 is 11.6 Å². The summed E-state index contributed by atoms with van der Waals surface area (Å²) in [6.45, 7) is 4.84. The predicted octanol–water partition coefficient (Wildman–Crippen LogP) is 2.93. The lowest BCUT2D eigenvalue weighted by atomic mass is 10.1. The summed E-state index contributed by atoms with van der Waals surface area (Å²) in [5.41, 5.74) is 1.12. The van der Waals surface area contributed by atoms with Crippen LogP contribution in [0.1, 0.15) is 19.4 Å². The third kappa shape index (κ3) is 4.13. The van der Waals surface area contributed by atoms with Crippen LogP contribution in [0.25, 0.3) is 0 Å². The topological polar surface area (TPSA) is 65.6 Å². The van der Waals surface area contributed by atoms with Gasteiger partial charge in [-0.05, 0) is 31.9 Å². The SMILES string of the molecule is CC(C)Nc1nc(NCCc2ccccc2Cl)n[nH]1. The largest absolute Gasteiger partial charge is 0.353 e. The first-order valence-corrected chi connectivity index (χ1v) is 6.69. The normalized spacial score (nSPS) is 10.7. The number of aromatic nitrogens is 3. The van der Waals surface area contributed by atoms with Crippen molar-refractivity contribution in [1.82, 2.24) is 15.2 Å². The first kappa shape index (κ1) is 13.7. The van der Waals surface area contributed by atoms with Gasteiger partial charge in [0.2, 0.25) is 11.9 Å². The Labute approximate surface area is 117 Å². The Kier molecular flexibility index (Phi) is 4.63. The molecule has 0 amide bonds. The number of rotatable bonds is 6. The van der Waals surface area contributed by atoms with Crippen LogP contribution in [0.2, 0.25) is 5.02 Å². The molecule has 0 aliphatic rings. The van der Waals surface area contributed by atoms with Crippen LogP contribution in [0.3, 0.4) is 0 Å². The second-order valence-electron chi connectivity index (χ2n) is 4.57. The average Bonchev–Trinajstić information content (AvgIpc) is 2.78. The number of nitrogens with one attached hydrogen (secondary N) is 3. The summed E-state index contributed by atoms with van der Waals surface area (Å²) < 4.78 is 0. The van der Waals surface area contributed by atoms with Crippen LogP contribution in [-0.4, -0.2) is 27.8 Å². The molecule has 5 nitrogen and oxygen atoms in total. The fourth-order valence-electron chi connectivity index (χ4n) is 1.69. The maximum atomic E-state index is 6.09. The molecule has 1 aromatic carbocycles. The number of hydrogen-bond acceptors (Lipinski definition) is 4. The van der Waals surface area contributed by atoms with E-state index in [4.69, 9.17) is 11.6 Å². The van der Waals surface area contributed by atoms with Crippen molar-refractivity contribution >= 4 is 23.5 Å². The zero-order chi connectivity index (χ0) is 13.7. The van der Waals surface area contributed by atoms with E-state index in [1.54, 1.807) is 0 Å². The summed E-state index contributed by atoms with van der Waals surface area (Å²) >= 11 is 6.09. The van der Waals surface area contributed by atoms with E-state index in [1.807, 2.05) is 38.1 Å². The molecule has 0 aliphatic heterocycles. The van der Waals surface area contributed by atoms with Gasteiger partial charge in [-0.3, -0.25) is 0 Å². The molecule has 0 aliphatic carbocycles. The molecule has 0 spiro atoms. The van der Waals surface area contributed by atoms with Gasteiger partial charge in [0, 0.05) is 17.6 Å². The van der Waals surface area contributed by atoms with Crippen molar-refractivity contribution in [3.05, 3.63) is 34.9 Å². The van der Waals surface area contributed by atoms with Crippen LogP contribution in [0, 0.1) is 0 Å². The Bertz CT molecular complexity index is 523. The van der Waals surface area contributed by atoms with E-state index in [2.05, 4.69) is 25.8 Å². The second kappa shape index (κ2) is 6.43. The summed E-state index contributed by atoms with van der Waals surface area (Å²) in [5, 5.41) is 14.0. The van der Waals surface area contributed by atoms with Gasteiger partial charge in [-0.2, -0.15) is 4.98 Å². The van der Waals surface area contributed by atoms with Gasteiger partial charge in [0.25, 0.3) is 0 Å². The van der Waals surface area contributed by atoms with Crippen LogP contribution < -0.4 is 10.6 Å². The van der Waals surface area contributed by atoms with Gasteiger partial charge < -0.3 is 10.6 Å². The lowest BCUT2D eigenvalue weighted by molar-refractivity contribution is 0.876. The van der Waals surface area contributed by atoms with E-state index in [0.717, 1.165) is 23.6 Å². The molecule has 2 rings (SSSR count). The summed E-state index contributed by atoms with van der Waals surface area (Å²) in [7, 11) is 0. The van der Waals surface area contributed by atoms with Crippen LogP contribution in [0.15, 0.2) is 24.3 Å². The minimum absolute atomic E-state index is 0.323. The fourth-order valence-corrected chi connectivity index (χ4v) is 1.92. The standard InChI is InChI=1S/C13H18ClN5/c1-9(2)16-13-17-12(18-19-13)15-8-7-10-5-3-4-6-11(10)14/h3-6,9H,7-8H2,1-2H3,(H3,15,16,17,18,19). The number of nitrogens with zero attached hydrogens (tertiary/aromatic N) is 2. The summed E-state index contributed by atoms with van der Waals surface area (Å²) in [5.74, 6) is 1.27. The first-order valence-electron chi connectivity index (χ1n) is 6.31. The van der Waals surface area contributed by atoms with E-state index < -0.39 is 0 Å². The minimum atomic E-state index is 0.323. The monoisotopic (exact) mass is 279 g/mol. The molecule has 0 atom stereocenters. The zero-order valence-corrected chi connectivity index (χ0v) is 11.8. The van der Waals surface area contributed by atoms with E-state index in [9.17, 15) is 0 Å². The number of H-pyrrole nitrogens is 1. The molecular formula is C13H18ClN5. The van der Waals surface area contributed by atoms with Crippen LogP contribution in [0.4, 0.5) is 11.9 Å². The Morgan fingerprint density at radius 2 is 2.11 bits per heavy atom. The smallest absolute Gasteiger partial charge is 0.243 e. The van der Waals surface area contributed by atoms with Crippen molar-refractivity contribution < 1.29 is 0 Å². The molecule has 2 aromatic rings. The van der Waals surface area contributed by atoms with Crippen LogP contribution in [0.5, 0.6) is 0 Å². The molecule has 6 heteroatoms. The molecule has 0 unspecified atom stereocenters. The van der Waals surface area contributed by atoms with Gasteiger partial charge in [0.15, 0.2) is 0 Å². The minimum Gasteiger partial charge on any atom is -0.353 e. The maximum absolute atomic E-state index is 6.09. The van der Waals surface area contributed by atoms with E-state index in [-0.39, 0.29) is 0 Å². The molecule has 1 heterocycles. The molecule has 102 valence electrons. The number of benzene rings is 1. The number of hydrogen-bond donors (Lipinski definition) is 3. The number of anilines is 2. The van der Waals surface area contributed by atoms with E-state index in [0.29, 0.717) is 17.9 Å². The molecule has 0 bridgehead atoms.